The summed E-state index contributed by atoms with van der Waals surface area (Å²) < 4.78 is 1.35. The van der Waals surface area contributed by atoms with Crippen LogP contribution in [0.5, 0.6) is 0 Å². The molecule has 2 aliphatic rings. The van der Waals surface area contributed by atoms with Crippen LogP contribution in [0.25, 0.3) is 15.8 Å². The van der Waals surface area contributed by atoms with E-state index in [1.54, 1.807) is 11.8 Å². The SMILES string of the molecule is C=CC1=C(c2cccc3sc(C)cc23)N2CCN=C2S1. The normalized spacial score (nSPS) is 17.9. The van der Waals surface area contributed by atoms with Crippen molar-refractivity contribution in [2.45, 2.75) is 6.92 Å². The number of thiophene rings is 1. The van der Waals surface area contributed by atoms with E-state index in [9.17, 15) is 0 Å². The molecule has 0 saturated heterocycles. The van der Waals surface area contributed by atoms with Gasteiger partial charge in [0, 0.05) is 32.0 Å². The van der Waals surface area contributed by atoms with E-state index < -0.39 is 0 Å². The second kappa shape index (κ2) is 4.50. The van der Waals surface area contributed by atoms with Crippen LogP contribution in [0.3, 0.4) is 0 Å². The molecule has 0 bridgehead atoms. The molecule has 0 amide bonds. The van der Waals surface area contributed by atoms with Gasteiger partial charge in [-0.1, -0.05) is 24.8 Å². The zero-order chi connectivity index (χ0) is 13.7. The Balaban J connectivity index is 1.97. The summed E-state index contributed by atoms with van der Waals surface area (Å²) in [4.78, 5) is 9.49. The summed E-state index contributed by atoms with van der Waals surface area (Å²) in [6, 6.07) is 8.86. The highest BCUT2D eigenvalue weighted by atomic mass is 32.2. The summed E-state index contributed by atoms with van der Waals surface area (Å²) in [5.41, 5.74) is 2.59. The topological polar surface area (TPSA) is 15.6 Å². The van der Waals surface area contributed by atoms with Crippen LogP contribution in [-0.4, -0.2) is 23.2 Å². The van der Waals surface area contributed by atoms with Crippen LogP contribution in [-0.2, 0) is 0 Å². The summed E-state index contributed by atoms with van der Waals surface area (Å²) in [6.45, 7) is 8.02. The molecule has 1 aromatic heterocycles. The Morgan fingerprint density at radius 2 is 2.30 bits per heavy atom. The van der Waals surface area contributed by atoms with Crippen molar-refractivity contribution in [1.82, 2.24) is 4.90 Å². The summed E-state index contributed by atoms with van der Waals surface area (Å²) >= 11 is 3.60. The summed E-state index contributed by atoms with van der Waals surface area (Å²) in [5, 5.41) is 2.47. The van der Waals surface area contributed by atoms with Gasteiger partial charge >= 0.3 is 0 Å². The number of fused-ring (bicyclic) bond motifs is 2. The lowest BCUT2D eigenvalue weighted by Crippen LogP contribution is -2.20. The van der Waals surface area contributed by atoms with Crippen molar-refractivity contribution in [2.75, 3.05) is 13.1 Å². The summed E-state index contributed by atoms with van der Waals surface area (Å²) in [5.74, 6) is 0. The molecule has 2 nitrogen and oxygen atoms in total. The number of aryl methyl sites for hydroxylation is 1. The number of amidine groups is 1. The van der Waals surface area contributed by atoms with Gasteiger partial charge in [-0.2, -0.15) is 0 Å². The van der Waals surface area contributed by atoms with E-state index in [4.69, 9.17) is 0 Å². The monoisotopic (exact) mass is 298 g/mol. The molecular formula is C16H14N2S2. The first-order valence-electron chi connectivity index (χ1n) is 6.64. The van der Waals surface area contributed by atoms with Gasteiger partial charge in [-0.3, -0.25) is 4.99 Å². The molecule has 0 spiro atoms. The average Bonchev–Trinajstić information content (AvgIpc) is 3.09. The highest BCUT2D eigenvalue weighted by molar-refractivity contribution is 8.17. The van der Waals surface area contributed by atoms with Gasteiger partial charge in [0.25, 0.3) is 0 Å². The second-order valence-corrected chi connectivity index (χ2v) is 7.21. The van der Waals surface area contributed by atoms with Crippen LogP contribution in [0.1, 0.15) is 10.4 Å². The predicted molar refractivity (Wildman–Crippen MR) is 90.3 cm³/mol. The lowest BCUT2D eigenvalue weighted by molar-refractivity contribution is 0.649. The maximum Gasteiger partial charge on any atom is 0.168 e. The average molecular weight is 298 g/mol. The molecule has 3 heterocycles. The maximum atomic E-state index is 4.58. The zero-order valence-electron chi connectivity index (χ0n) is 11.2. The van der Waals surface area contributed by atoms with Crippen molar-refractivity contribution in [3.05, 3.63) is 52.3 Å². The van der Waals surface area contributed by atoms with E-state index in [0.717, 1.165) is 18.3 Å². The standard InChI is InChI=1S/C16H14N2S2/c1-3-13-15(18-8-7-17-16(18)20-13)11-5-4-6-14-12(11)9-10(2)19-14/h3-6,9H,1,7-8H2,2H3. The van der Waals surface area contributed by atoms with Gasteiger partial charge in [0.05, 0.1) is 12.2 Å². The summed E-state index contributed by atoms with van der Waals surface area (Å²) in [7, 11) is 0. The van der Waals surface area contributed by atoms with E-state index >= 15 is 0 Å². The molecule has 0 saturated carbocycles. The van der Waals surface area contributed by atoms with Gasteiger partial charge in [0.15, 0.2) is 5.17 Å². The first kappa shape index (κ1) is 12.2. The Morgan fingerprint density at radius 1 is 1.40 bits per heavy atom. The number of allylic oxidation sites excluding steroid dienone is 1. The molecule has 0 atom stereocenters. The first-order valence-corrected chi connectivity index (χ1v) is 8.27. The van der Waals surface area contributed by atoms with Gasteiger partial charge in [0.1, 0.15) is 0 Å². The maximum absolute atomic E-state index is 4.58. The molecule has 0 unspecified atom stereocenters. The molecule has 4 heteroatoms. The number of hydrogen-bond acceptors (Lipinski definition) is 4. The number of benzene rings is 1. The van der Waals surface area contributed by atoms with Crippen molar-refractivity contribution in [3.8, 4) is 0 Å². The smallest absolute Gasteiger partial charge is 0.168 e. The Kier molecular flexibility index (Phi) is 2.75. The minimum Gasteiger partial charge on any atom is -0.317 e. The second-order valence-electron chi connectivity index (χ2n) is 4.91. The molecular weight excluding hydrogens is 284 g/mol. The molecule has 20 heavy (non-hydrogen) atoms. The Morgan fingerprint density at radius 3 is 3.15 bits per heavy atom. The quantitative estimate of drug-likeness (QED) is 0.812. The van der Waals surface area contributed by atoms with Crippen LogP contribution in [0.4, 0.5) is 0 Å². The van der Waals surface area contributed by atoms with E-state index in [2.05, 4.69) is 47.7 Å². The molecule has 2 aromatic rings. The molecule has 100 valence electrons. The minimum absolute atomic E-state index is 0.898. The number of nitrogens with zero attached hydrogens (tertiary/aromatic N) is 2. The van der Waals surface area contributed by atoms with Crippen molar-refractivity contribution in [2.24, 2.45) is 4.99 Å². The molecule has 2 aliphatic heterocycles. The molecule has 4 rings (SSSR count). The zero-order valence-corrected chi connectivity index (χ0v) is 12.9. The largest absolute Gasteiger partial charge is 0.317 e. The van der Waals surface area contributed by atoms with Crippen LogP contribution < -0.4 is 0 Å². The number of thioether (sulfide) groups is 1. The molecule has 0 radical (unpaired) electrons. The molecule has 0 fully saturated rings. The van der Waals surface area contributed by atoms with Crippen LogP contribution in [0.2, 0.25) is 0 Å². The predicted octanol–water partition coefficient (Wildman–Crippen LogP) is 4.48. The van der Waals surface area contributed by atoms with E-state index in [1.165, 1.54) is 31.1 Å². The Labute approximate surface area is 126 Å². The van der Waals surface area contributed by atoms with Gasteiger partial charge in [-0.05, 0) is 30.8 Å². The third kappa shape index (κ3) is 1.68. The summed E-state index contributed by atoms with van der Waals surface area (Å²) in [6.07, 6.45) is 1.96. The van der Waals surface area contributed by atoms with Crippen molar-refractivity contribution in [3.63, 3.8) is 0 Å². The Bertz CT molecular complexity index is 783. The number of hydrogen-bond donors (Lipinski definition) is 0. The van der Waals surface area contributed by atoms with Crippen molar-refractivity contribution in [1.29, 1.82) is 0 Å². The lowest BCUT2D eigenvalue weighted by Gasteiger charge is -2.17. The highest BCUT2D eigenvalue weighted by Crippen LogP contribution is 2.44. The van der Waals surface area contributed by atoms with Crippen LogP contribution >= 0.6 is 23.1 Å². The van der Waals surface area contributed by atoms with Gasteiger partial charge < -0.3 is 4.90 Å². The third-order valence-electron chi connectivity index (χ3n) is 3.63. The van der Waals surface area contributed by atoms with Gasteiger partial charge in [-0.25, -0.2) is 0 Å². The fourth-order valence-electron chi connectivity index (χ4n) is 2.81. The van der Waals surface area contributed by atoms with Crippen molar-refractivity contribution >= 4 is 44.0 Å². The van der Waals surface area contributed by atoms with E-state index in [0.29, 0.717) is 0 Å². The van der Waals surface area contributed by atoms with Crippen LogP contribution in [0.15, 0.2) is 46.8 Å². The number of rotatable bonds is 2. The van der Waals surface area contributed by atoms with Crippen molar-refractivity contribution < 1.29 is 0 Å². The Hall–Kier alpha value is -1.52. The van der Waals surface area contributed by atoms with Gasteiger partial charge in [-0.15, -0.1) is 11.3 Å². The van der Waals surface area contributed by atoms with Gasteiger partial charge in [0.2, 0.25) is 0 Å². The highest BCUT2D eigenvalue weighted by Gasteiger charge is 2.32. The minimum atomic E-state index is 0.898. The third-order valence-corrected chi connectivity index (χ3v) is 5.76. The van der Waals surface area contributed by atoms with Crippen LogP contribution in [0, 0.1) is 6.92 Å². The fraction of sp³-hybridized carbons (Fsp3) is 0.188. The first-order chi connectivity index (χ1) is 9.78. The fourth-order valence-corrected chi connectivity index (χ4v) is 4.81. The molecule has 0 aliphatic carbocycles. The van der Waals surface area contributed by atoms with E-state index in [1.807, 2.05) is 17.4 Å². The lowest BCUT2D eigenvalue weighted by atomic mass is 10.1. The molecule has 1 aromatic carbocycles. The van der Waals surface area contributed by atoms with E-state index in [-0.39, 0.29) is 0 Å². The molecule has 0 N–H and O–H groups in total. The number of aliphatic imine (C=N–C) groups is 1.